The Labute approximate surface area is 115 Å². The maximum absolute atomic E-state index is 5.39. The summed E-state index contributed by atoms with van der Waals surface area (Å²) in [6.07, 6.45) is 7.85. The Hall–Kier alpha value is -1.54. The zero-order chi connectivity index (χ0) is 13.1. The topological polar surface area (TPSA) is 12.5 Å². The summed E-state index contributed by atoms with van der Waals surface area (Å²) in [5, 5.41) is 0. The Bertz CT molecular complexity index is 492. The molecule has 1 aromatic carbocycles. The number of morpholine rings is 1. The van der Waals surface area contributed by atoms with Crippen molar-refractivity contribution >= 4 is 11.3 Å². The molecule has 19 heavy (non-hydrogen) atoms. The highest BCUT2D eigenvalue weighted by Gasteiger charge is 2.11. The highest BCUT2D eigenvalue weighted by atomic mass is 16.5. The summed E-state index contributed by atoms with van der Waals surface area (Å²) in [7, 11) is 0. The second-order valence-electron chi connectivity index (χ2n) is 5.13. The van der Waals surface area contributed by atoms with E-state index in [1.54, 1.807) is 0 Å². The van der Waals surface area contributed by atoms with Crippen LogP contribution in [0.15, 0.2) is 42.0 Å². The summed E-state index contributed by atoms with van der Waals surface area (Å²) >= 11 is 0. The molecule has 0 spiro atoms. The fraction of sp³-hybridized carbons (Fsp3) is 0.353. The van der Waals surface area contributed by atoms with Crippen LogP contribution in [0.4, 0.5) is 5.69 Å². The van der Waals surface area contributed by atoms with Crippen molar-refractivity contribution in [3.8, 4) is 0 Å². The molecule has 2 aliphatic rings. The molecule has 0 unspecified atom stereocenters. The molecule has 1 saturated heterocycles. The van der Waals surface area contributed by atoms with E-state index >= 15 is 0 Å². The highest BCUT2D eigenvalue weighted by Crippen LogP contribution is 2.27. The van der Waals surface area contributed by atoms with E-state index in [-0.39, 0.29) is 0 Å². The molecular formula is C17H20NO. The Morgan fingerprint density at radius 2 is 1.79 bits per heavy atom. The molecule has 1 aromatic rings. The van der Waals surface area contributed by atoms with E-state index in [0.29, 0.717) is 0 Å². The van der Waals surface area contributed by atoms with Gasteiger partial charge in [0, 0.05) is 18.8 Å². The summed E-state index contributed by atoms with van der Waals surface area (Å²) in [6.45, 7) is 5.83. The molecule has 99 valence electrons. The lowest BCUT2D eigenvalue weighted by Crippen LogP contribution is -2.36. The van der Waals surface area contributed by atoms with Crippen LogP contribution < -0.4 is 4.90 Å². The number of allylic oxidation sites excluding steroid dienone is 4. The average Bonchev–Trinajstić information content (AvgIpc) is 2.48. The van der Waals surface area contributed by atoms with Crippen LogP contribution in [-0.4, -0.2) is 26.3 Å². The number of benzene rings is 1. The van der Waals surface area contributed by atoms with Crippen molar-refractivity contribution in [1.29, 1.82) is 0 Å². The lowest BCUT2D eigenvalue weighted by Gasteiger charge is -2.29. The van der Waals surface area contributed by atoms with Crippen LogP contribution in [0.5, 0.6) is 0 Å². The Morgan fingerprint density at radius 1 is 1.05 bits per heavy atom. The third kappa shape index (κ3) is 2.90. The molecule has 3 rings (SSSR count). The predicted octanol–water partition coefficient (Wildman–Crippen LogP) is 3.46. The number of hydrogen-bond acceptors (Lipinski definition) is 2. The Kier molecular flexibility index (Phi) is 3.69. The first-order valence-electron chi connectivity index (χ1n) is 6.98. The second kappa shape index (κ2) is 5.62. The predicted molar refractivity (Wildman–Crippen MR) is 80.1 cm³/mol. The molecule has 0 N–H and O–H groups in total. The third-order valence-corrected chi connectivity index (χ3v) is 3.74. The van der Waals surface area contributed by atoms with E-state index in [0.717, 1.165) is 32.7 Å². The van der Waals surface area contributed by atoms with Crippen LogP contribution in [0, 0.1) is 6.42 Å². The van der Waals surface area contributed by atoms with Crippen molar-refractivity contribution in [2.45, 2.75) is 13.3 Å². The summed E-state index contributed by atoms with van der Waals surface area (Å²) in [6, 6.07) is 8.91. The molecule has 2 nitrogen and oxygen atoms in total. The van der Waals surface area contributed by atoms with Gasteiger partial charge in [0.25, 0.3) is 0 Å². The van der Waals surface area contributed by atoms with Gasteiger partial charge in [-0.15, -0.1) is 0 Å². The van der Waals surface area contributed by atoms with Crippen LogP contribution >= 0.6 is 0 Å². The zero-order valence-corrected chi connectivity index (χ0v) is 11.4. The van der Waals surface area contributed by atoms with Gasteiger partial charge in [-0.05, 0) is 43.0 Å². The highest BCUT2D eigenvalue weighted by molar-refractivity contribution is 5.76. The summed E-state index contributed by atoms with van der Waals surface area (Å²) in [4.78, 5) is 2.39. The van der Waals surface area contributed by atoms with Gasteiger partial charge in [0.15, 0.2) is 0 Å². The molecule has 1 fully saturated rings. The lowest BCUT2D eigenvalue weighted by molar-refractivity contribution is 0.122. The van der Waals surface area contributed by atoms with Gasteiger partial charge in [-0.3, -0.25) is 0 Å². The normalized spacial score (nSPS) is 19.9. The van der Waals surface area contributed by atoms with Gasteiger partial charge < -0.3 is 9.64 Å². The number of anilines is 1. The fourth-order valence-corrected chi connectivity index (χ4v) is 2.62. The summed E-state index contributed by atoms with van der Waals surface area (Å²) in [5.74, 6) is 0. The number of hydrogen-bond donors (Lipinski definition) is 0. The molecule has 0 saturated carbocycles. The van der Waals surface area contributed by atoms with Crippen molar-refractivity contribution < 1.29 is 4.74 Å². The molecule has 2 heteroatoms. The van der Waals surface area contributed by atoms with Crippen LogP contribution in [0.3, 0.4) is 0 Å². The third-order valence-electron chi connectivity index (χ3n) is 3.74. The average molecular weight is 254 g/mol. The number of rotatable bonds is 2. The SMILES string of the molecule is CC1=CC[CH]C(c2ccc(N3CCOCC3)cc2)=C1. The molecule has 1 aliphatic carbocycles. The van der Waals surface area contributed by atoms with Gasteiger partial charge in [0.2, 0.25) is 0 Å². The van der Waals surface area contributed by atoms with Gasteiger partial charge >= 0.3 is 0 Å². The Morgan fingerprint density at radius 3 is 2.47 bits per heavy atom. The first kappa shape index (κ1) is 12.5. The first-order chi connectivity index (χ1) is 9.33. The second-order valence-corrected chi connectivity index (χ2v) is 5.13. The van der Waals surface area contributed by atoms with E-state index in [4.69, 9.17) is 4.74 Å². The van der Waals surface area contributed by atoms with E-state index in [1.807, 2.05) is 0 Å². The molecule has 1 heterocycles. The standard InChI is InChI=1S/C17H20NO/c1-14-3-2-4-16(13-14)15-5-7-17(8-6-15)18-9-11-19-12-10-18/h3-8,13H,2,9-12H2,1H3. The van der Waals surface area contributed by atoms with E-state index in [9.17, 15) is 0 Å². The molecular weight excluding hydrogens is 234 g/mol. The van der Waals surface area contributed by atoms with Crippen molar-refractivity contribution in [2.24, 2.45) is 0 Å². The van der Waals surface area contributed by atoms with Gasteiger partial charge in [0.1, 0.15) is 0 Å². The maximum atomic E-state index is 5.39. The van der Waals surface area contributed by atoms with Crippen molar-refractivity contribution in [3.63, 3.8) is 0 Å². The smallest absolute Gasteiger partial charge is 0.0642 e. The minimum atomic E-state index is 0.838. The van der Waals surface area contributed by atoms with Crippen LogP contribution in [0.2, 0.25) is 0 Å². The minimum Gasteiger partial charge on any atom is -0.378 e. The van der Waals surface area contributed by atoms with Gasteiger partial charge in [-0.1, -0.05) is 29.9 Å². The Balaban J connectivity index is 1.77. The quantitative estimate of drug-likeness (QED) is 0.801. The first-order valence-corrected chi connectivity index (χ1v) is 6.98. The number of ether oxygens (including phenoxy) is 1. The monoisotopic (exact) mass is 254 g/mol. The van der Waals surface area contributed by atoms with Gasteiger partial charge in [0.05, 0.1) is 13.2 Å². The van der Waals surface area contributed by atoms with Gasteiger partial charge in [-0.25, -0.2) is 0 Å². The molecule has 1 aliphatic heterocycles. The summed E-state index contributed by atoms with van der Waals surface area (Å²) in [5.41, 5.74) is 5.31. The van der Waals surface area contributed by atoms with Crippen LogP contribution in [0.25, 0.3) is 5.57 Å². The van der Waals surface area contributed by atoms with Crippen molar-refractivity contribution in [1.82, 2.24) is 0 Å². The van der Waals surface area contributed by atoms with Crippen LogP contribution in [0.1, 0.15) is 18.9 Å². The van der Waals surface area contributed by atoms with Crippen molar-refractivity contribution in [2.75, 3.05) is 31.2 Å². The largest absolute Gasteiger partial charge is 0.378 e. The van der Waals surface area contributed by atoms with E-state index in [1.165, 1.54) is 22.4 Å². The minimum absolute atomic E-state index is 0.838. The maximum Gasteiger partial charge on any atom is 0.0642 e. The lowest BCUT2D eigenvalue weighted by atomic mass is 9.94. The number of nitrogens with zero attached hydrogens (tertiary/aromatic N) is 1. The molecule has 1 radical (unpaired) electrons. The van der Waals surface area contributed by atoms with Crippen molar-refractivity contribution in [3.05, 3.63) is 54.0 Å². The fourth-order valence-electron chi connectivity index (χ4n) is 2.62. The zero-order valence-electron chi connectivity index (χ0n) is 11.4. The summed E-state index contributed by atoms with van der Waals surface area (Å²) < 4.78 is 5.39. The molecule has 0 bridgehead atoms. The molecule has 0 aromatic heterocycles. The van der Waals surface area contributed by atoms with Crippen LogP contribution in [-0.2, 0) is 4.74 Å². The molecule has 0 atom stereocenters. The van der Waals surface area contributed by atoms with E-state index < -0.39 is 0 Å². The molecule has 0 amide bonds. The van der Waals surface area contributed by atoms with Gasteiger partial charge in [-0.2, -0.15) is 0 Å². The van der Waals surface area contributed by atoms with E-state index in [2.05, 4.69) is 54.7 Å².